The number of amides is 1. The maximum absolute atomic E-state index is 13.1. The van der Waals surface area contributed by atoms with Gasteiger partial charge in [-0.2, -0.15) is 0 Å². The number of hydrogen-bond donors (Lipinski definition) is 0. The molecule has 3 rings (SSSR count). The quantitative estimate of drug-likeness (QED) is 0.745. The molecule has 1 unspecified atom stereocenters. The fourth-order valence-corrected chi connectivity index (χ4v) is 4.78. The molecule has 150 valence electrons. The molecule has 0 spiro atoms. The van der Waals surface area contributed by atoms with Gasteiger partial charge in [-0.25, -0.2) is 8.42 Å². The van der Waals surface area contributed by atoms with Crippen molar-refractivity contribution < 1.29 is 17.9 Å². The molecule has 0 radical (unpaired) electrons. The molecule has 0 bridgehead atoms. The van der Waals surface area contributed by atoms with Gasteiger partial charge in [-0.05, 0) is 55.7 Å². The fourth-order valence-electron chi connectivity index (χ4n) is 3.61. The topological polar surface area (TPSA) is 66.9 Å². The Morgan fingerprint density at radius 3 is 2.39 bits per heavy atom. The summed E-state index contributed by atoms with van der Waals surface area (Å²) in [5.74, 6) is 0.458. The van der Waals surface area contributed by atoms with Gasteiger partial charge in [0.2, 0.25) is 15.9 Å². The Morgan fingerprint density at radius 1 is 1.14 bits per heavy atom. The summed E-state index contributed by atoms with van der Waals surface area (Å²) in [5.41, 5.74) is 2.80. The third kappa shape index (κ3) is 4.30. The predicted octanol–water partition coefficient (Wildman–Crippen LogP) is 2.82. The molecule has 1 amide bonds. The van der Waals surface area contributed by atoms with E-state index >= 15 is 0 Å². The Bertz CT molecular complexity index is 941. The summed E-state index contributed by atoms with van der Waals surface area (Å²) in [6, 6.07) is 14.0. The van der Waals surface area contributed by atoms with E-state index in [1.165, 1.54) is 9.87 Å². The maximum atomic E-state index is 13.1. The van der Waals surface area contributed by atoms with Crippen LogP contribution in [-0.2, 0) is 27.8 Å². The van der Waals surface area contributed by atoms with E-state index in [4.69, 9.17) is 4.74 Å². The second kappa shape index (κ2) is 8.22. The minimum Gasteiger partial charge on any atom is -0.494 e. The average Bonchev–Trinajstić information content (AvgIpc) is 2.67. The number of rotatable bonds is 6. The Morgan fingerprint density at radius 2 is 1.79 bits per heavy atom. The lowest BCUT2D eigenvalue weighted by molar-refractivity contribution is -0.132. The minimum atomic E-state index is -3.64. The molecule has 1 aliphatic heterocycles. The average molecular weight is 403 g/mol. The summed E-state index contributed by atoms with van der Waals surface area (Å²) in [7, 11) is -3.64. The van der Waals surface area contributed by atoms with Gasteiger partial charge in [0.15, 0.2) is 0 Å². The molecule has 28 heavy (non-hydrogen) atoms. The molecule has 1 aliphatic rings. The molecule has 7 heteroatoms. The molecule has 0 aromatic heterocycles. The van der Waals surface area contributed by atoms with Crippen LogP contribution >= 0.6 is 0 Å². The van der Waals surface area contributed by atoms with Crippen LogP contribution < -0.4 is 9.04 Å². The summed E-state index contributed by atoms with van der Waals surface area (Å²) in [5, 5.41) is 0. The van der Waals surface area contributed by atoms with Crippen LogP contribution in [0.5, 0.6) is 5.75 Å². The van der Waals surface area contributed by atoms with Crippen molar-refractivity contribution in [1.29, 1.82) is 0 Å². The van der Waals surface area contributed by atoms with Crippen LogP contribution in [0, 0.1) is 0 Å². The van der Waals surface area contributed by atoms with Gasteiger partial charge in [-0.1, -0.05) is 24.3 Å². The normalized spacial score (nSPS) is 14.9. The Hall–Kier alpha value is -2.54. The first-order valence-corrected chi connectivity index (χ1v) is 11.2. The van der Waals surface area contributed by atoms with Crippen LogP contribution in [0.1, 0.15) is 25.0 Å². The lowest BCUT2D eigenvalue weighted by Crippen LogP contribution is -2.50. The molecular weight excluding hydrogens is 376 g/mol. The van der Waals surface area contributed by atoms with E-state index in [0.717, 1.165) is 18.2 Å². The number of benzene rings is 2. The molecule has 1 atom stereocenters. The minimum absolute atomic E-state index is 0.200. The van der Waals surface area contributed by atoms with Crippen molar-refractivity contribution in [1.82, 2.24) is 4.90 Å². The monoisotopic (exact) mass is 402 g/mol. The van der Waals surface area contributed by atoms with E-state index in [0.29, 0.717) is 31.1 Å². The largest absolute Gasteiger partial charge is 0.494 e. The zero-order valence-corrected chi connectivity index (χ0v) is 17.3. The van der Waals surface area contributed by atoms with Crippen molar-refractivity contribution in [2.24, 2.45) is 0 Å². The lowest BCUT2D eigenvalue weighted by atomic mass is 9.99. The van der Waals surface area contributed by atoms with E-state index in [9.17, 15) is 13.2 Å². The highest BCUT2D eigenvalue weighted by molar-refractivity contribution is 7.92. The number of carbonyl (C=O) groups is 1. The lowest BCUT2D eigenvalue weighted by Gasteiger charge is -2.35. The second-order valence-electron chi connectivity index (χ2n) is 6.94. The van der Waals surface area contributed by atoms with E-state index in [1.54, 1.807) is 36.1 Å². The zero-order valence-electron chi connectivity index (χ0n) is 16.5. The number of anilines is 1. The van der Waals surface area contributed by atoms with Crippen molar-refractivity contribution in [3.63, 3.8) is 0 Å². The van der Waals surface area contributed by atoms with Gasteiger partial charge >= 0.3 is 0 Å². The molecule has 2 aromatic carbocycles. The highest BCUT2D eigenvalue weighted by Crippen LogP contribution is 2.26. The van der Waals surface area contributed by atoms with Crippen molar-refractivity contribution >= 4 is 21.6 Å². The van der Waals surface area contributed by atoms with Gasteiger partial charge < -0.3 is 9.64 Å². The molecule has 0 saturated heterocycles. The van der Waals surface area contributed by atoms with Gasteiger partial charge in [-0.15, -0.1) is 0 Å². The molecule has 0 aliphatic carbocycles. The smallest absolute Gasteiger partial charge is 0.246 e. The summed E-state index contributed by atoms with van der Waals surface area (Å²) in [6.07, 6.45) is 1.90. The summed E-state index contributed by atoms with van der Waals surface area (Å²) in [6.45, 7) is 5.14. The van der Waals surface area contributed by atoms with E-state index in [2.05, 4.69) is 6.07 Å². The molecular formula is C21H26N2O4S. The standard InChI is InChI=1S/C21H26N2O4S/c1-4-27-20-11-9-19(10-12-20)23(28(3,25)26)16(2)21(24)22-14-13-17-7-5-6-8-18(17)15-22/h5-12,16H,4,13-15H2,1-3H3. The molecule has 0 N–H and O–H groups in total. The third-order valence-electron chi connectivity index (χ3n) is 4.91. The summed E-state index contributed by atoms with van der Waals surface area (Å²) < 4.78 is 31.6. The van der Waals surface area contributed by atoms with E-state index in [-0.39, 0.29) is 5.91 Å². The first-order valence-electron chi connectivity index (χ1n) is 9.39. The van der Waals surface area contributed by atoms with Crippen LogP contribution in [0.15, 0.2) is 48.5 Å². The molecule has 0 fully saturated rings. The third-order valence-corrected chi connectivity index (χ3v) is 6.15. The number of fused-ring (bicyclic) bond motifs is 1. The predicted molar refractivity (Wildman–Crippen MR) is 110 cm³/mol. The number of carbonyl (C=O) groups excluding carboxylic acids is 1. The van der Waals surface area contributed by atoms with Crippen molar-refractivity contribution in [2.75, 3.05) is 23.7 Å². The van der Waals surface area contributed by atoms with Crippen LogP contribution in [0.4, 0.5) is 5.69 Å². The number of ether oxygens (including phenoxy) is 1. The molecule has 1 heterocycles. The highest BCUT2D eigenvalue weighted by atomic mass is 32.2. The highest BCUT2D eigenvalue weighted by Gasteiger charge is 2.33. The van der Waals surface area contributed by atoms with Crippen LogP contribution in [0.2, 0.25) is 0 Å². The van der Waals surface area contributed by atoms with Crippen molar-refractivity contribution in [3.8, 4) is 5.75 Å². The van der Waals surface area contributed by atoms with Crippen LogP contribution in [0.25, 0.3) is 0 Å². The van der Waals surface area contributed by atoms with Gasteiger partial charge in [-0.3, -0.25) is 9.10 Å². The fraction of sp³-hybridized carbons (Fsp3) is 0.381. The van der Waals surface area contributed by atoms with Crippen LogP contribution in [-0.4, -0.2) is 44.7 Å². The molecule has 0 saturated carbocycles. The first kappa shape index (κ1) is 20.2. The number of hydrogen-bond acceptors (Lipinski definition) is 4. The first-order chi connectivity index (χ1) is 13.3. The van der Waals surface area contributed by atoms with Crippen molar-refractivity contribution in [2.45, 2.75) is 32.9 Å². The Kier molecular flexibility index (Phi) is 5.93. The zero-order chi connectivity index (χ0) is 20.3. The second-order valence-corrected chi connectivity index (χ2v) is 8.80. The Labute approximate surface area is 166 Å². The molecule has 2 aromatic rings. The maximum Gasteiger partial charge on any atom is 0.246 e. The van der Waals surface area contributed by atoms with E-state index in [1.807, 2.05) is 25.1 Å². The Balaban J connectivity index is 1.84. The summed E-state index contributed by atoms with van der Waals surface area (Å²) >= 11 is 0. The van der Waals surface area contributed by atoms with Gasteiger partial charge in [0.1, 0.15) is 11.8 Å². The number of sulfonamides is 1. The van der Waals surface area contributed by atoms with Crippen molar-refractivity contribution in [3.05, 3.63) is 59.7 Å². The summed E-state index contributed by atoms with van der Waals surface area (Å²) in [4.78, 5) is 14.9. The number of nitrogens with zero attached hydrogens (tertiary/aromatic N) is 2. The van der Waals surface area contributed by atoms with Gasteiger partial charge in [0, 0.05) is 13.1 Å². The van der Waals surface area contributed by atoms with Gasteiger partial charge in [0.05, 0.1) is 18.6 Å². The SMILES string of the molecule is CCOc1ccc(N(C(C)C(=O)N2CCc3ccccc3C2)S(C)(=O)=O)cc1. The van der Waals surface area contributed by atoms with E-state index < -0.39 is 16.1 Å². The van der Waals surface area contributed by atoms with Gasteiger partial charge in [0.25, 0.3) is 0 Å². The van der Waals surface area contributed by atoms with Crippen LogP contribution in [0.3, 0.4) is 0 Å². The molecule has 6 nitrogen and oxygen atoms in total.